The van der Waals surface area contributed by atoms with Crippen LogP contribution >= 0.6 is 15.9 Å². The molecule has 16 heavy (non-hydrogen) atoms. The topological polar surface area (TPSA) is 9.23 Å². The van der Waals surface area contributed by atoms with Gasteiger partial charge in [-0.15, -0.1) is 0 Å². The summed E-state index contributed by atoms with van der Waals surface area (Å²) in [6.07, 6.45) is 3.57. The minimum atomic E-state index is 0.365. The van der Waals surface area contributed by atoms with E-state index in [1.54, 1.807) is 0 Å². The summed E-state index contributed by atoms with van der Waals surface area (Å²) >= 11 is 3.60. The van der Waals surface area contributed by atoms with Crippen molar-refractivity contribution < 1.29 is 4.74 Å². The summed E-state index contributed by atoms with van der Waals surface area (Å²) < 4.78 is 5.73. The van der Waals surface area contributed by atoms with Crippen molar-refractivity contribution in [2.24, 2.45) is 5.41 Å². The first-order valence-electron chi connectivity index (χ1n) is 5.94. The van der Waals surface area contributed by atoms with Gasteiger partial charge in [0.15, 0.2) is 0 Å². The van der Waals surface area contributed by atoms with Crippen LogP contribution in [0.5, 0.6) is 5.75 Å². The zero-order chi connectivity index (χ0) is 11.9. The van der Waals surface area contributed by atoms with Gasteiger partial charge in [0.1, 0.15) is 5.75 Å². The lowest BCUT2D eigenvalue weighted by Gasteiger charge is -2.26. The largest absolute Gasteiger partial charge is 0.494 e. The Bertz CT molecular complexity index is 286. The summed E-state index contributed by atoms with van der Waals surface area (Å²) in [4.78, 5) is 0. The Hall–Kier alpha value is -0.500. The normalized spacial score (nSPS) is 14.4. The Balaban J connectivity index is 2.34. The minimum Gasteiger partial charge on any atom is -0.494 e. The Morgan fingerprint density at radius 2 is 1.88 bits per heavy atom. The van der Waals surface area contributed by atoms with Gasteiger partial charge >= 0.3 is 0 Å². The van der Waals surface area contributed by atoms with Gasteiger partial charge in [0, 0.05) is 5.33 Å². The molecule has 0 fully saturated rings. The standard InChI is InChI=1S/C14H21BrO/c1-3-9-14(2,12-15)10-11-16-13-7-5-4-6-8-13/h4-8H,3,9-12H2,1-2H3. The van der Waals surface area contributed by atoms with E-state index >= 15 is 0 Å². The van der Waals surface area contributed by atoms with E-state index in [1.807, 2.05) is 30.3 Å². The summed E-state index contributed by atoms with van der Waals surface area (Å²) in [5.41, 5.74) is 0.365. The molecule has 1 unspecified atom stereocenters. The Morgan fingerprint density at radius 3 is 2.44 bits per heavy atom. The van der Waals surface area contributed by atoms with Crippen molar-refractivity contribution in [2.75, 3.05) is 11.9 Å². The molecule has 1 nitrogen and oxygen atoms in total. The molecule has 90 valence electrons. The van der Waals surface area contributed by atoms with Crippen LogP contribution in [0.4, 0.5) is 0 Å². The summed E-state index contributed by atoms with van der Waals surface area (Å²) in [6.45, 7) is 5.35. The van der Waals surface area contributed by atoms with Crippen LogP contribution in [0.2, 0.25) is 0 Å². The monoisotopic (exact) mass is 284 g/mol. The first-order chi connectivity index (χ1) is 7.70. The lowest BCUT2D eigenvalue weighted by molar-refractivity contribution is 0.221. The third-order valence-electron chi connectivity index (χ3n) is 2.89. The molecule has 0 heterocycles. The van der Waals surface area contributed by atoms with Crippen LogP contribution in [0.1, 0.15) is 33.1 Å². The molecule has 0 saturated heterocycles. The second kappa shape index (κ2) is 6.95. The quantitative estimate of drug-likeness (QED) is 0.662. The maximum Gasteiger partial charge on any atom is 0.119 e. The smallest absolute Gasteiger partial charge is 0.119 e. The van der Waals surface area contributed by atoms with Crippen LogP contribution in [0.25, 0.3) is 0 Å². The molecule has 2 heteroatoms. The van der Waals surface area contributed by atoms with E-state index in [0.717, 1.165) is 24.1 Å². The van der Waals surface area contributed by atoms with Crippen molar-refractivity contribution in [1.29, 1.82) is 0 Å². The lowest BCUT2D eigenvalue weighted by atomic mass is 9.85. The zero-order valence-electron chi connectivity index (χ0n) is 10.2. The maximum atomic E-state index is 5.73. The van der Waals surface area contributed by atoms with Crippen LogP contribution in [0.15, 0.2) is 30.3 Å². The Labute approximate surface area is 107 Å². The van der Waals surface area contributed by atoms with E-state index in [-0.39, 0.29) is 0 Å². The number of hydrogen-bond acceptors (Lipinski definition) is 1. The molecule has 0 N–H and O–H groups in total. The Kier molecular flexibility index (Phi) is 5.89. The molecule has 0 aromatic heterocycles. The van der Waals surface area contributed by atoms with E-state index in [9.17, 15) is 0 Å². The Morgan fingerprint density at radius 1 is 1.19 bits per heavy atom. The van der Waals surface area contributed by atoms with Gasteiger partial charge in [-0.05, 0) is 30.4 Å². The predicted molar refractivity (Wildman–Crippen MR) is 73.4 cm³/mol. The maximum absolute atomic E-state index is 5.73. The first kappa shape index (κ1) is 13.6. The number of ether oxygens (including phenoxy) is 1. The highest BCUT2D eigenvalue weighted by Gasteiger charge is 2.21. The van der Waals surface area contributed by atoms with Crippen molar-refractivity contribution in [3.63, 3.8) is 0 Å². The third-order valence-corrected chi connectivity index (χ3v) is 4.25. The van der Waals surface area contributed by atoms with Gasteiger partial charge in [-0.2, -0.15) is 0 Å². The van der Waals surface area contributed by atoms with Gasteiger partial charge in [-0.3, -0.25) is 0 Å². The number of rotatable bonds is 7. The van der Waals surface area contributed by atoms with Crippen LogP contribution in [0, 0.1) is 5.41 Å². The summed E-state index contributed by atoms with van der Waals surface area (Å²) in [5.74, 6) is 0.968. The number of para-hydroxylation sites is 1. The molecule has 0 amide bonds. The number of benzene rings is 1. The second-order valence-electron chi connectivity index (χ2n) is 4.61. The van der Waals surface area contributed by atoms with E-state index in [0.29, 0.717) is 5.41 Å². The average Bonchev–Trinajstić information content (AvgIpc) is 2.31. The highest BCUT2D eigenvalue weighted by Crippen LogP contribution is 2.29. The molecule has 0 aliphatic rings. The number of alkyl halides is 1. The van der Waals surface area contributed by atoms with Gasteiger partial charge in [0.05, 0.1) is 6.61 Å². The highest BCUT2D eigenvalue weighted by atomic mass is 79.9. The van der Waals surface area contributed by atoms with Crippen LogP contribution in [-0.4, -0.2) is 11.9 Å². The average molecular weight is 285 g/mol. The van der Waals surface area contributed by atoms with Crippen LogP contribution in [-0.2, 0) is 0 Å². The van der Waals surface area contributed by atoms with Gasteiger partial charge in [-0.1, -0.05) is 54.4 Å². The van der Waals surface area contributed by atoms with Crippen molar-refractivity contribution >= 4 is 15.9 Å². The fourth-order valence-electron chi connectivity index (χ4n) is 1.79. The molecular weight excluding hydrogens is 264 g/mol. The molecule has 1 atom stereocenters. The van der Waals surface area contributed by atoms with Crippen molar-refractivity contribution in [3.8, 4) is 5.75 Å². The minimum absolute atomic E-state index is 0.365. The fourth-order valence-corrected chi connectivity index (χ4v) is 2.35. The molecule has 0 bridgehead atoms. The van der Waals surface area contributed by atoms with E-state index < -0.39 is 0 Å². The molecule has 0 spiro atoms. The molecular formula is C14H21BrO. The molecule has 1 aromatic rings. The first-order valence-corrected chi connectivity index (χ1v) is 7.06. The van der Waals surface area contributed by atoms with Gasteiger partial charge < -0.3 is 4.74 Å². The van der Waals surface area contributed by atoms with Gasteiger partial charge in [0.2, 0.25) is 0 Å². The molecule has 0 saturated carbocycles. The van der Waals surface area contributed by atoms with E-state index in [2.05, 4.69) is 29.8 Å². The van der Waals surface area contributed by atoms with Gasteiger partial charge in [-0.25, -0.2) is 0 Å². The predicted octanol–water partition coefficient (Wildman–Crippen LogP) is 4.66. The number of hydrogen-bond donors (Lipinski definition) is 0. The van der Waals surface area contributed by atoms with Crippen LogP contribution in [0.3, 0.4) is 0 Å². The van der Waals surface area contributed by atoms with Gasteiger partial charge in [0.25, 0.3) is 0 Å². The van der Waals surface area contributed by atoms with E-state index in [1.165, 1.54) is 12.8 Å². The SMILES string of the molecule is CCCC(C)(CBr)CCOc1ccccc1. The second-order valence-corrected chi connectivity index (χ2v) is 5.17. The van der Waals surface area contributed by atoms with Crippen LogP contribution < -0.4 is 4.74 Å². The van der Waals surface area contributed by atoms with E-state index in [4.69, 9.17) is 4.74 Å². The van der Waals surface area contributed by atoms with Crippen molar-refractivity contribution in [2.45, 2.75) is 33.1 Å². The number of halogens is 1. The molecule has 0 aliphatic carbocycles. The summed E-state index contributed by atoms with van der Waals surface area (Å²) in [5, 5.41) is 1.05. The molecule has 0 aliphatic heterocycles. The summed E-state index contributed by atoms with van der Waals surface area (Å²) in [7, 11) is 0. The molecule has 0 radical (unpaired) electrons. The lowest BCUT2D eigenvalue weighted by Crippen LogP contribution is -2.21. The third kappa shape index (κ3) is 4.56. The highest BCUT2D eigenvalue weighted by molar-refractivity contribution is 9.09. The molecule has 1 aromatic carbocycles. The molecule has 1 rings (SSSR count). The fraction of sp³-hybridized carbons (Fsp3) is 0.571. The van der Waals surface area contributed by atoms with Crippen molar-refractivity contribution in [3.05, 3.63) is 30.3 Å². The summed E-state index contributed by atoms with van der Waals surface area (Å²) in [6, 6.07) is 10.0. The van der Waals surface area contributed by atoms with Crippen molar-refractivity contribution in [1.82, 2.24) is 0 Å². The zero-order valence-corrected chi connectivity index (χ0v) is 11.8.